The number of aliphatic hydroxyl groups is 1. The molecule has 92 valence electrons. The number of alkyl halides is 1. The Morgan fingerprint density at radius 3 is 1.60 bits per heavy atom. The van der Waals surface area contributed by atoms with E-state index in [0.717, 1.165) is 25.7 Å². The van der Waals surface area contributed by atoms with Crippen LogP contribution < -0.4 is 0 Å². The lowest BCUT2D eigenvalue weighted by Crippen LogP contribution is -2.17. The Morgan fingerprint density at radius 1 is 0.800 bits per heavy atom. The van der Waals surface area contributed by atoms with E-state index in [1.165, 1.54) is 32.1 Å². The van der Waals surface area contributed by atoms with Crippen LogP contribution in [0.5, 0.6) is 0 Å². The van der Waals surface area contributed by atoms with E-state index >= 15 is 0 Å². The molecular formula is C13H27FO. The first-order valence-electron chi connectivity index (χ1n) is 6.34. The fraction of sp³-hybridized carbons (Fsp3) is 1.00. The predicted molar refractivity (Wildman–Crippen MR) is 63.8 cm³/mol. The lowest BCUT2D eigenvalue weighted by molar-refractivity contribution is 0.0680. The standard InChI is InChI=1S/C13H27FO/c1-13(2,15)11-9-7-5-3-4-6-8-10-12-14/h15H,3-12H2,1-2H3. The van der Waals surface area contributed by atoms with Crippen molar-refractivity contribution in [2.45, 2.75) is 77.2 Å². The predicted octanol–water partition coefficient (Wildman–Crippen LogP) is 4.24. The molecule has 0 saturated carbocycles. The minimum Gasteiger partial charge on any atom is -0.390 e. The fourth-order valence-corrected chi connectivity index (χ4v) is 1.71. The molecule has 0 bridgehead atoms. The molecule has 0 amide bonds. The largest absolute Gasteiger partial charge is 0.390 e. The lowest BCUT2D eigenvalue weighted by atomic mass is 9.99. The quantitative estimate of drug-likeness (QED) is 0.544. The van der Waals surface area contributed by atoms with Crippen LogP contribution >= 0.6 is 0 Å². The van der Waals surface area contributed by atoms with Gasteiger partial charge in [-0.15, -0.1) is 0 Å². The number of hydrogen-bond acceptors (Lipinski definition) is 1. The Labute approximate surface area is 94.1 Å². The molecule has 0 spiro atoms. The monoisotopic (exact) mass is 218 g/mol. The van der Waals surface area contributed by atoms with E-state index in [-0.39, 0.29) is 6.67 Å². The molecule has 0 atom stereocenters. The second kappa shape index (κ2) is 9.14. The van der Waals surface area contributed by atoms with Crippen molar-refractivity contribution < 1.29 is 9.50 Å². The summed E-state index contributed by atoms with van der Waals surface area (Å²) < 4.78 is 11.8. The van der Waals surface area contributed by atoms with Crippen molar-refractivity contribution in [1.82, 2.24) is 0 Å². The van der Waals surface area contributed by atoms with Gasteiger partial charge in [0.25, 0.3) is 0 Å². The third-order valence-corrected chi connectivity index (χ3v) is 2.67. The highest BCUT2D eigenvalue weighted by molar-refractivity contribution is 4.64. The Balaban J connectivity index is 2.99. The summed E-state index contributed by atoms with van der Waals surface area (Å²) in [5, 5.41) is 9.48. The summed E-state index contributed by atoms with van der Waals surface area (Å²) in [4.78, 5) is 0. The van der Waals surface area contributed by atoms with Gasteiger partial charge < -0.3 is 5.11 Å². The molecule has 0 aliphatic rings. The Hall–Kier alpha value is -0.110. The fourth-order valence-electron chi connectivity index (χ4n) is 1.71. The summed E-state index contributed by atoms with van der Waals surface area (Å²) in [5.41, 5.74) is -0.499. The zero-order valence-corrected chi connectivity index (χ0v) is 10.4. The molecule has 0 aromatic heterocycles. The topological polar surface area (TPSA) is 20.2 Å². The maximum atomic E-state index is 11.8. The van der Waals surface area contributed by atoms with E-state index < -0.39 is 5.60 Å². The van der Waals surface area contributed by atoms with Gasteiger partial charge in [0.05, 0.1) is 12.3 Å². The smallest absolute Gasteiger partial charge is 0.0894 e. The molecule has 0 heterocycles. The van der Waals surface area contributed by atoms with E-state index in [4.69, 9.17) is 0 Å². The molecule has 0 rings (SSSR count). The van der Waals surface area contributed by atoms with E-state index in [0.29, 0.717) is 0 Å². The molecule has 2 heteroatoms. The molecule has 0 fully saturated rings. The van der Waals surface area contributed by atoms with Crippen molar-refractivity contribution in [3.8, 4) is 0 Å². The van der Waals surface area contributed by atoms with Crippen LogP contribution in [0, 0.1) is 0 Å². The number of hydrogen-bond donors (Lipinski definition) is 1. The molecular weight excluding hydrogens is 191 g/mol. The highest BCUT2D eigenvalue weighted by atomic mass is 19.1. The van der Waals surface area contributed by atoms with Crippen molar-refractivity contribution in [1.29, 1.82) is 0 Å². The van der Waals surface area contributed by atoms with Gasteiger partial charge in [0.1, 0.15) is 0 Å². The first kappa shape index (κ1) is 14.9. The summed E-state index contributed by atoms with van der Waals surface area (Å²) in [7, 11) is 0. The number of halogens is 1. The molecule has 1 N–H and O–H groups in total. The lowest BCUT2D eigenvalue weighted by Gasteiger charge is -2.16. The molecule has 0 aliphatic heterocycles. The van der Waals surface area contributed by atoms with Gasteiger partial charge in [0.2, 0.25) is 0 Å². The highest BCUT2D eigenvalue weighted by Crippen LogP contribution is 2.15. The molecule has 1 nitrogen and oxygen atoms in total. The highest BCUT2D eigenvalue weighted by Gasteiger charge is 2.10. The van der Waals surface area contributed by atoms with Gasteiger partial charge >= 0.3 is 0 Å². The first-order chi connectivity index (χ1) is 7.06. The van der Waals surface area contributed by atoms with Gasteiger partial charge in [0, 0.05) is 0 Å². The molecule has 0 radical (unpaired) electrons. The Kier molecular flexibility index (Phi) is 9.07. The van der Waals surface area contributed by atoms with Crippen LogP contribution in [-0.2, 0) is 0 Å². The van der Waals surface area contributed by atoms with Crippen LogP contribution in [0.15, 0.2) is 0 Å². The summed E-state index contributed by atoms with van der Waals surface area (Å²) in [6, 6.07) is 0. The molecule has 0 unspecified atom stereocenters. The number of rotatable bonds is 10. The van der Waals surface area contributed by atoms with E-state index in [1.807, 2.05) is 13.8 Å². The van der Waals surface area contributed by atoms with Crippen LogP contribution in [0.4, 0.5) is 4.39 Å². The van der Waals surface area contributed by atoms with Gasteiger partial charge in [-0.2, -0.15) is 0 Å². The molecule has 15 heavy (non-hydrogen) atoms. The van der Waals surface area contributed by atoms with Crippen LogP contribution in [0.1, 0.15) is 71.6 Å². The van der Waals surface area contributed by atoms with Gasteiger partial charge in [-0.25, -0.2) is 0 Å². The molecule has 0 aromatic rings. The van der Waals surface area contributed by atoms with Crippen LogP contribution in [-0.4, -0.2) is 17.4 Å². The average Bonchev–Trinajstić information content (AvgIpc) is 2.14. The third-order valence-electron chi connectivity index (χ3n) is 2.67. The van der Waals surface area contributed by atoms with Crippen molar-refractivity contribution in [2.24, 2.45) is 0 Å². The maximum Gasteiger partial charge on any atom is 0.0894 e. The van der Waals surface area contributed by atoms with Crippen LogP contribution in [0.25, 0.3) is 0 Å². The SMILES string of the molecule is CC(C)(O)CCCCCCCCCCF. The summed E-state index contributed by atoms with van der Waals surface area (Å²) >= 11 is 0. The third kappa shape index (κ3) is 13.9. The van der Waals surface area contributed by atoms with E-state index in [9.17, 15) is 9.50 Å². The molecule has 0 aromatic carbocycles. The normalized spacial score (nSPS) is 12.0. The Morgan fingerprint density at radius 2 is 1.20 bits per heavy atom. The summed E-state index contributed by atoms with van der Waals surface area (Å²) in [5.74, 6) is 0. The molecule has 0 aliphatic carbocycles. The second-order valence-corrected chi connectivity index (χ2v) is 5.08. The minimum absolute atomic E-state index is 0.161. The van der Waals surface area contributed by atoms with E-state index in [1.54, 1.807) is 0 Å². The minimum atomic E-state index is -0.499. The van der Waals surface area contributed by atoms with Crippen LogP contribution in [0.3, 0.4) is 0 Å². The first-order valence-corrected chi connectivity index (χ1v) is 6.34. The zero-order valence-electron chi connectivity index (χ0n) is 10.4. The number of unbranched alkanes of at least 4 members (excludes halogenated alkanes) is 7. The van der Waals surface area contributed by atoms with Crippen molar-refractivity contribution in [2.75, 3.05) is 6.67 Å². The Bertz CT molecular complexity index is 129. The van der Waals surface area contributed by atoms with Gasteiger partial charge in [0.15, 0.2) is 0 Å². The van der Waals surface area contributed by atoms with Crippen molar-refractivity contribution >= 4 is 0 Å². The maximum absolute atomic E-state index is 11.8. The van der Waals surface area contributed by atoms with Gasteiger partial charge in [-0.3, -0.25) is 4.39 Å². The van der Waals surface area contributed by atoms with Gasteiger partial charge in [-0.05, 0) is 26.7 Å². The van der Waals surface area contributed by atoms with E-state index in [2.05, 4.69) is 0 Å². The average molecular weight is 218 g/mol. The van der Waals surface area contributed by atoms with Crippen molar-refractivity contribution in [3.63, 3.8) is 0 Å². The second-order valence-electron chi connectivity index (χ2n) is 5.08. The zero-order chi connectivity index (χ0) is 11.6. The summed E-state index contributed by atoms with van der Waals surface area (Å²) in [6.45, 7) is 3.57. The summed E-state index contributed by atoms with van der Waals surface area (Å²) in [6.07, 6.45) is 9.94. The van der Waals surface area contributed by atoms with Crippen molar-refractivity contribution in [3.05, 3.63) is 0 Å². The molecule has 0 saturated heterocycles. The van der Waals surface area contributed by atoms with Gasteiger partial charge in [-0.1, -0.05) is 44.9 Å². The van der Waals surface area contributed by atoms with Crippen LogP contribution in [0.2, 0.25) is 0 Å².